The molecule has 2 aromatic heterocycles. The molecule has 194 valence electrons. The Labute approximate surface area is 210 Å². The highest BCUT2D eigenvalue weighted by atomic mass is 16.6. The quantitative estimate of drug-likeness (QED) is 0.410. The lowest BCUT2D eigenvalue weighted by atomic mass is 10.1. The normalized spacial score (nSPS) is 12.4. The highest BCUT2D eigenvalue weighted by Gasteiger charge is 2.23. The summed E-state index contributed by atoms with van der Waals surface area (Å²) < 4.78 is 8.88. The van der Waals surface area contributed by atoms with Gasteiger partial charge in [0.2, 0.25) is 11.9 Å². The van der Waals surface area contributed by atoms with Gasteiger partial charge in [-0.05, 0) is 71.7 Å². The summed E-state index contributed by atoms with van der Waals surface area (Å²) in [5.41, 5.74) is 7.62. The zero-order valence-electron chi connectivity index (χ0n) is 21.7. The van der Waals surface area contributed by atoms with Crippen molar-refractivity contribution in [2.45, 2.75) is 72.6 Å². The third-order valence-electron chi connectivity index (χ3n) is 5.62. The Bertz CT molecular complexity index is 1270. The molecule has 0 fully saturated rings. The Hall–Kier alpha value is -3.89. The first-order valence-electron chi connectivity index (χ1n) is 12.1. The van der Waals surface area contributed by atoms with Gasteiger partial charge >= 0.3 is 6.09 Å². The number of nitrogens with two attached hydrogens (primary N) is 1. The molecular formula is C25H35N7O4. The molecule has 0 saturated heterocycles. The van der Waals surface area contributed by atoms with Crippen molar-refractivity contribution in [2.24, 2.45) is 5.73 Å². The number of hydrogen-bond donors (Lipinski definition) is 3. The number of primary amides is 1. The number of anilines is 1. The first-order valence-corrected chi connectivity index (χ1v) is 12.1. The molecule has 3 rings (SSSR count). The molecule has 11 heteroatoms. The number of hydrogen-bond acceptors (Lipinski definition) is 6. The van der Waals surface area contributed by atoms with Crippen molar-refractivity contribution in [1.82, 2.24) is 24.6 Å². The highest BCUT2D eigenvalue weighted by Crippen LogP contribution is 2.29. The number of nitrogens with zero attached hydrogens (tertiary/aromatic N) is 4. The van der Waals surface area contributed by atoms with Gasteiger partial charge in [-0.2, -0.15) is 5.10 Å². The predicted octanol–water partition coefficient (Wildman–Crippen LogP) is 3.78. The van der Waals surface area contributed by atoms with Crippen LogP contribution in [0.1, 0.15) is 80.0 Å². The van der Waals surface area contributed by atoms with Gasteiger partial charge in [0.1, 0.15) is 11.3 Å². The molecule has 0 radical (unpaired) electrons. The van der Waals surface area contributed by atoms with Gasteiger partial charge in [0.15, 0.2) is 0 Å². The molecule has 36 heavy (non-hydrogen) atoms. The molecule has 3 amide bonds. The number of rotatable bonds is 9. The number of benzene rings is 1. The fraction of sp³-hybridized carbons (Fsp3) is 0.480. The van der Waals surface area contributed by atoms with Crippen LogP contribution < -0.4 is 16.4 Å². The van der Waals surface area contributed by atoms with E-state index in [-0.39, 0.29) is 11.9 Å². The SMILES string of the molecule is CCC(CCNC(=O)OC(C)(C)C)n1c(NC(=O)c2cc(C)nn2CC)nc2cc(C(N)=O)ccc21. The minimum absolute atomic E-state index is 0.113. The van der Waals surface area contributed by atoms with Crippen LogP contribution in [-0.4, -0.2) is 49.4 Å². The van der Waals surface area contributed by atoms with Gasteiger partial charge in [-0.15, -0.1) is 0 Å². The molecule has 0 spiro atoms. The maximum absolute atomic E-state index is 13.2. The Kier molecular flexibility index (Phi) is 8.01. The minimum atomic E-state index is -0.590. The average Bonchev–Trinajstić information content (AvgIpc) is 3.34. The van der Waals surface area contributed by atoms with Gasteiger partial charge in [-0.3, -0.25) is 19.6 Å². The molecule has 11 nitrogen and oxygen atoms in total. The lowest BCUT2D eigenvalue weighted by Crippen LogP contribution is -2.33. The van der Waals surface area contributed by atoms with E-state index < -0.39 is 17.6 Å². The zero-order valence-corrected chi connectivity index (χ0v) is 21.7. The number of imidazole rings is 1. The van der Waals surface area contributed by atoms with E-state index in [0.29, 0.717) is 48.7 Å². The molecule has 0 aliphatic carbocycles. The summed E-state index contributed by atoms with van der Waals surface area (Å²) in [7, 11) is 0. The number of aromatic nitrogens is 4. The summed E-state index contributed by atoms with van der Waals surface area (Å²) in [6.07, 6.45) is 0.775. The van der Waals surface area contributed by atoms with Gasteiger partial charge in [-0.1, -0.05) is 6.92 Å². The summed E-state index contributed by atoms with van der Waals surface area (Å²) in [4.78, 5) is 41.6. The van der Waals surface area contributed by atoms with Crippen LogP contribution in [0.15, 0.2) is 24.3 Å². The molecule has 0 aliphatic rings. The Morgan fingerprint density at radius 3 is 2.50 bits per heavy atom. The van der Waals surface area contributed by atoms with Gasteiger partial charge < -0.3 is 20.4 Å². The summed E-state index contributed by atoms with van der Waals surface area (Å²) in [5.74, 6) is -0.568. The number of nitrogens with one attached hydrogen (secondary N) is 2. The summed E-state index contributed by atoms with van der Waals surface area (Å²) >= 11 is 0. The summed E-state index contributed by atoms with van der Waals surface area (Å²) in [6, 6.07) is 6.62. The van der Waals surface area contributed by atoms with Crippen molar-refractivity contribution in [1.29, 1.82) is 0 Å². The molecule has 1 atom stereocenters. The molecule has 3 aromatic rings. The number of carbonyl (C=O) groups excluding carboxylic acids is 3. The second-order valence-electron chi connectivity index (χ2n) is 9.59. The standard InChI is InChI=1S/C25H35N7O4/c1-7-17(11-12-27-24(35)36-25(4,5)6)32-19-10-9-16(21(26)33)14-18(19)28-23(32)29-22(34)20-13-15(3)30-31(20)8-2/h9-10,13-14,17H,7-8,11-12H2,1-6H3,(H2,26,33)(H,27,35)(H,28,29,34). The first kappa shape index (κ1) is 26.7. The van der Waals surface area contributed by atoms with Gasteiger partial charge in [0.25, 0.3) is 5.91 Å². The second-order valence-corrected chi connectivity index (χ2v) is 9.59. The van der Waals surface area contributed by atoms with Gasteiger partial charge in [0, 0.05) is 24.7 Å². The Balaban J connectivity index is 1.94. The smallest absolute Gasteiger partial charge is 0.407 e. The number of ether oxygens (including phenoxy) is 1. The molecule has 0 saturated carbocycles. The van der Waals surface area contributed by atoms with Crippen LogP contribution in [0.2, 0.25) is 0 Å². The molecule has 1 unspecified atom stereocenters. The number of carbonyl (C=O) groups is 3. The largest absolute Gasteiger partial charge is 0.444 e. The van der Waals surface area contributed by atoms with Gasteiger partial charge in [-0.25, -0.2) is 9.78 Å². The van der Waals surface area contributed by atoms with E-state index in [4.69, 9.17) is 10.5 Å². The van der Waals surface area contributed by atoms with E-state index in [9.17, 15) is 14.4 Å². The van der Waals surface area contributed by atoms with E-state index in [1.54, 1.807) is 49.7 Å². The molecule has 4 N–H and O–H groups in total. The van der Waals surface area contributed by atoms with Crippen LogP contribution in [0.25, 0.3) is 11.0 Å². The first-order chi connectivity index (χ1) is 16.9. The number of alkyl carbamates (subject to hydrolysis) is 1. The predicted molar refractivity (Wildman–Crippen MR) is 137 cm³/mol. The Morgan fingerprint density at radius 2 is 1.89 bits per heavy atom. The molecule has 1 aromatic carbocycles. The van der Waals surface area contributed by atoms with Crippen LogP contribution >= 0.6 is 0 Å². The van der Waals surface area contributed by atoms with Crippen LogP contribution in [-0.2, 0) is 11.3 Å². The van der Waals surface area contributed by atoms with Crippen molar-refractivity contribution >= 4 is 34.9 Å². The molecule has 0 aliphatic heterocycles. The van der Waals surface area contributed by atoms with Crippen LogP contribution in [0.3, 0.4) is 0 Å². The van der Waals surface area contributed by atoms with E-state index in [2.05, 4.69) is 20.7 Å². The lowest BCUT2D eigenvalue weighted by molar-refractivity contribution is 0.0525. The van der Waals surface area contributed by atoms with Crippen molar-refractivity contribution < 1.29 is 19.1 Å². The topological polar surface area (TPSA) is 146 Å². The van der Waals surface area contributed by atoms with Crippen molar-refractivity contribution in [3.63, 3.8) is 0 Å². The van der Waals surface area contributed by atoms with E-state index in [0.717, 1.165) is 11.2 Å². The van der Waals surface area contributed by atoms with Crippen LogP contribution in [0.4, 0.5) is 10.7 Å². The van der Waals surface area contributed by atoms with E-state index in [1.807, 2.05) is 25.3 Å². The summed E-state index contributed by atoms with van der Waals surface area (Å²) in [5, 5.41) is 10.1. The van der Waals surface area contributed by atoms with Crippen molar-refractivity contribution in [3.8, 4) is 0 Å². The maximum atomic E-state index is 13.2. The average molecular weight is 498 g/mol. The third kappa shape index (κ3) is 6.21. The number of aryl methyl sites for hydroxylation is 2. The van der Waals surface area contributed by atoms with Crippen LogP contribution in [0, 0.1) is 6.92 Å². The van der Waals surface area contributed by atoms with Crippen LogP contribution in [0.5, 0.6) is 0 Å². The van der Waals surface area contributed by atoms with Crippen molar-refractivity contribution in [2.75, 3.05) is 11.9 Å². The number of fused-ring (bicyclic) bond motifs is 1. The molecule has 2 heterocycles. The van der Waals surface area contributed by atoms with E-state index in [1.165, 1.54) is 0 Å². The Morgan fingerprint density at radius 1 is 1.17 bits per heavy atom. The minimum Gasteiger partial charge on any atom is -0.444 e. The fourth-order valence-electron chi connectivity index (χ4n) is 4.02. The fourth-order valence-corrected chi connectivity index (χ4v) is 4.02. The van der Waals surface area contributed by atoms with Crippen molar-refractivity contribution in [3.05, 3.63) is 41.2 Å². The second kappa shape index (κ2) is 10.8. The lowest BCUT2D eigenvalue weighted by Gasteiger charge is -2.22. The third-order valence-corrected chi connectivity index (χ3v) is 5.62. The van der Waals surface area contributed by atoms with E-state index >= 15 is 0 Å². The zero-order chi connectivity index (χ0) is 26.6. The highest BCUT2D eigenvalue weighted by molar-refractivity contribution is 6.03. The maximum Gasteiger partial charge on any atom is 0.407 e. The summed E-state index contributed by atoms with van der Waals surface area (Å²) in [6.45, 7) is 12.1. The molecular weight excluding hydrogens is 462 g/mol. The number of amides is 3. The molecule has 0 bridgehead atoms. The monoisotopic (exact) mass is 497 g/mol. The van der Waals surface area contributed by atoms with Gasteiger partial charge in [0.05, 0.1) is 16.7 Å².